The summed E-state index contributed by atoms with van der Waals surface area (Å²) in [7, 11) is 0. The maximum absolute atomic E-state index is 9.31. The van der Waals surface area contributed by atoms with Crippen LogP contribution in [0.2, 0.25) is 0 Å². The fourth-order valence-electron chi connectivity index (χ4n) is 0.0951. The Hall–Kier alpha value is 2.36. The van der Waals surface area contributed by atoms with Gasteiger partial charge in [0, 0.05) is 0 Å². The molecule has 0 radical (unpaired) electrons. The number of hydrogen-bond donors (Lipinski definition) is 2. The van der Waals surface area contributed by atoms with Gasteiger partial charge in [-0.2, -0.15) is 15.7 Å². The van der Waals surface area contributed by atoms with Crippen molar-refractivity contribution in [1.82, 2.24) is 0 Å². The normalized spacial score (nSPS) is 16.2. The third-order valence-corrected chi connectivity index (χ3v) is 2.05. The van der Waals surface area contributed by atoms with Crippen LogP contribution in [0.1, 0.15) is 0 Å². The SMILES string of the molecule is O=S([O-])OS(=O)O.O=S([O-])OS(=O)O.[Na+].[Na+]. The van der Waals surface area contributed by atoms with E-state index in [0.29, 0.717) is 0 Å². The van der Waals surface area contributed by atoms with Gasteiger partial charge in [0.25, 0.3) is 0 Å². The van der Waals surface area contributed by atoms with Gasteiger partial charge in [-0.25, -0.2) is 8.42 Å². The van der Waals surface area contributed by atoms with Gasteiger partial charge < -0.3 is 9.11 Å². The number of rotatable bonds is 4. The summed E-state index contributed by atoms with van der Waals surface area (Å²) in [6.45, 7) is 0. The van der Waals surface area contributed by atoms with Gasteiger partial charge in [0.15, 0.2) is 0 Å². The van der Waals surface area contributed by atoms with Gasteiger partial charge in [0.1, 0.15) is 22.7 Å². The molecular formula is H2Na2O10S4. The zero-order valence-electron chi connectivity index (χ0n) is 7.79. The van der Waals surface area contributed by atoms with Gasteiger partial charge in [-0.05, 0) is 0 Å². The van der Waals surface area contributed by atoms with Crippen LogP contribution < -0.4 is 59.1 Å². The molecule has 0 rings (SSSR count). The molecule has 4 atom stereocenters. The van der Waals surface area contributed by atoms with Crippen LogP contribution in [0.5, 0.6) is 0 Å². The molecule has 0 fully saturated rings. The van der Waals surface area contributed by atoms with E-state index in [1.807, 2.05) is 0 Å². The third kappa shape index (κ3) is 36.0. The van der Waals surface area contributed by atoms with E-state index in [4.69, 9.17) is 9.11 Å². The first-order chi connectivity index (χ1) is 6.25. The maximum atomic E-state index is 9.31. The van der Waals surface area contributed by atoms with Crippen LogP contribution in [-0.4, -0.2) is 35.0 Å². The Bertz CT molecular complexity index is 199. The Morgan fingerprint density at radius 1 is 0.750 bits per heavy atom. The van der Waals surface area contributed by atoms with Crippen molar-refractivity contribution in [3.8, 4) is 0 Å². The average Bonchev–Trinajstić information content (AvgIpc) is 1.79. The minimum absolute atomic E-state index is 0. The molecule has 0 saturated carbocycles. The zero-order chi connectivity index (χ0) is 11.7. The van der Waals surface area contributed by atoms with Crippen LogP contribution in [0.15, 0.2) is 0 Å². The quantitative estimate of drug-likeness (QED) is 0.370. The van der Waals surface area contributed by atoms with E-state index >= 15 is 0 Å². The summed E-state index contributed by atoms with van der Waals surface area (Å²) in [6, 6.07) is 0. The van der Waals surface area contributed by atoms with Crippen LogP contribution in [0.3, 0.4) is 0 Å². The van der Waals surface area contributed by atoms with Gasteiger partial charge in [-0.1, -0.05) is 0 Å². The third-order valence-electron chi connectivity index (χ3n) is 0.228. The van der Waals surface area contributed by atoms with Gasteiger partial charge in [0.05, 0.1) is 0 Å². The molecule has 0 aliphatic heterocycles. The molecular weight excluding hydrogens is 334 g/mol. The van der Waals surface area contributed by atoms with Crippen molar-refractivity contribution in [2.75, 3.05) is 0 Å². The second kappa shape index (κ2) is 17.4. The predicted octanol–water partition coefficient (Wildman–Crippen LogP) is -8.12. The van der Waals surface area contributed by atoms with Crippen molar-refractivity contribution in [3.05, 3.63) is 0 Å². The average molecular weight is 336 g/mol. The molecule has 0 saturated heterocycles. The summed E-state index contributed by atoms with van der Waals surface area (Å²) in [5.41, 5.74) is 0. The fourth-order valence-corrected chi connectivity index (χ4v) is 0.855. The van der Waals surface area contributed by atoms with Crippen molar-refractivity contribution in [2.45, 2.75) is 0 Å². The smallest absolute Gasteiger partial charge is 0.749 e. The van der Waals surface area contributed by atoms with E-state index in [1.54, 1.807) is 0 Å². The molecule has 0 heterocycles. The molecule has 88 valence electrons. The molecule has 16 heteroatoms. The molecule has 0 aliphatic carbocycles. The van der Waals surface area contributed by atoms with Crippen LogP contribution in [-0.2, 0) is 52.7 Å². The second-order valence-corrected chi connectivity index (χ2v) is 3.75. The van der Waals surface area contributed by atoms with Gasteiger partial charge >= 0.3 is 81.8 Å². The van der Waals surface area contributed by atoms with E-state index in [0.717, 1.165) is 0 Å². The summed E-state index contributed by atoms with van der Waals surface area (Å²) in [4.78, 5) is 0. The van der Waals surface area contributed by atoms with Crippen molar-refractivity contribution in [1.29, 1.82) is 0 Å². The predicted molar refractivity (Wildman–Crippen MR) is 41.6 cm³/mol. The van der Waals surface area contributed by atoms with E-state index in [2.05, 4.69) is 7.26 Å². The minimum Gasteiger partial charge on any atom is -0.749 e. The first-order valence-corrected chi connectivity index (χ1v) is 6.10. The molecule has 16 heavy (non-hydrogen) atoms. The van der Waals surface area contributed by atoms with Crippen LogP contribution in [0, 0.1) is 0 Å². The van der Waals surface area contributed by atoms with Gasteiger partial charge in [0.2, 0.25) is 0 Å². The Labute approximate surface area is 145 Å². The Kier molecular flexibility index (Phi) is 29.1. The minimum atomic E-state index is -2.90. The molecule has 0 aromatic carbocycles. The van der Waals surface area contributed by atoms with Crippen molar-refractivity contribution in [2.24, 2.45) is 0 Å². The summed E-state index contributed by atoms with van der Waals surface area (Å²) >= 11 is -11.2. The maximum Gasteiger partial charge on any atom is 1.00 e. The standard InChI is InChI=1S/2Na.2H2O5S2/c;;2*1-6(2)5-7(3)4/h;;2*(H,1,2)(H,3,4)/q2*+1;;/p-2. The van der Waals surface area contributed by atoms with Crippen LogP contribution in [0.25, 0.3) is 0 Å². The van der Waals surface area contributed by atoms with E-state index < -0.39 is 45.4 Å². The topological polar surface area (TPSA) is 173 Å². The summed E-state index contributed by atoms with van der Waals surface area (Å²) in [5.74, 6) is 0. The van der Waals surface area contributed by atoms with Crippen molar-refractivity contribution in [3.63, 3.8) is 0 Å². The van der Waals surface area contributed by atoms with Crippen molar-refractivity contribution < 1.29 is 101 Å². The summed E-state index contributed by atoms with van der Waals surface area (Å²) in [5, 5.41) is 0. The molecule has 0 aromatic heterocycles. The fraction of sp³-hybridized carbons (Fsp3) is 0. The molecule has 0 aromatic rings. The molecule has 0 bridgehead atoms. The van der Waals surface area contributed by atoms with Crippen molar-refractivity contribution >= 4 is 45.4 Å². The Morgan fingerprint density at radius 3 is 0.938 bits per heavy atom. The molecule has 0 spiro atoms. The molecule has 10 nitrogen and oxygen atoms in total. The first-order valence-electron chi connectivity index (χ1n) is 2.03. The molecule has 0 aliphatic rings. The monoisotopic (exact) mass is 336 g/mol. The first kappa shape index (κ1) is 26.8. The number of hydrogen-bond acceptors (Lipinski definition) is 8. The summed E-state index contributed by atoms with van der Waals surface area (Å²) in [6.07, 6.45) is 0. The van der Waals surface area contributed by atoms with Crippen LogP contribution in [0.4, 0.5) is 0 Å². The molecule has 2 N–H and O–H groups in total. The molecule has 4 unspecified atom stereocenters. The van der Waals surface area contributed by atoms with E-state index in [-0.39, 0.29) is 59.1 Å². The van der Waals surface area contributed by atoms with Crippen LogP contribution >= 0.6 is 0 Å². The van der Waals surface area contributed by atoms with Gasteiger partial charge in [-0.15, -0.1) is 0 Å². The zero-order valence-corrected chi connectivity index (χ0v) is 15.1. The Morgan fingerprint density at radius 2 is 0.938 bits per heavy atom. The van der Waals surface area contributed by atoms with E-state index in [9.17, 15) is 25.9 Å². The Balaban J connectivity index is -0.0000000800. The second-order valence-electron chi connectivity index (χ2n) is 0.979. The van der Waals surface area contributed by atoms with E-state index in [1.165, 1.54) is 0 Å². The van der Waals surface area contributed by atoms with Gasteiger partial charge in [-0.3, -0.25) is 9.11 Å². The largest absolute Gasteiger partial charge is 1.00 e. The summed E-state index contributed by atoms with van der Waals surface area (Å²) < 4.78 is 77.1. The molecule has 0 amide bonds.